The number of carboxylic acid groups (broad SMARTS) is 1. The number of aromatic nitrogens is 2. The number of fused-ring (bicyclic) bond motifs is 1. The average molecular weight is 375 g/mol. The van der Waals surface area contributed by atoms with Gasteiger partial charge in [0, 0.05) is 0 Å². The zero-order valence-electron chi connectivity index (χ0n) is 8.45. The molecule has 1 aromatic rings. The summed E-state index contributed by atoms with van der Waals surface area (Å²) in [5.41, 5.74) is -0.735. The zero-order valence-corrected chi connectivity index (χ0v) is 10.6. The van der Waals surface area contributed by atoms with E-state index in [0.29, 0.717) is 0 Å². The highest BCUT2D eigenvalue weighted by molar-refractivity contribution is 14.1. The summed E-state index contributed by atoms with van der Waals surface area (Å²) in [6, 6.07) is -2.06. The summed E-state index contributed by atoms with van der Waals surface area (Å²) in [5.74, 6) is -2.49. The highest BCUT2D eigenvalue weighted by Crippen LogP contribution is 2.27. The van der Waals surface area contributed by atoms with Crippen molar-refractivity contribution in [2.75, 3.05) is 0 Å². The summed E-state index contributed by atoms with van der Waals surface area (Å²) in [6.07, 6.45) is -4.60. The molecule has 2 N–H and O–H groups in total. The van der Waals surface area contributed by atoms with Gasteiger partial charge in [0.2, 0.25) is 0 Å². The lowest BCUT2D eigenvalue weighted by Crippen LogP contribution is -2.52. The number of alkyl halides is 3. The highest BCUT2D eigenvalue weighted by atomic mass is 127. The zero-order chi connectivity index (χ0) is 13.7. The van der Waals surface area contributed by atoms with E-state index in [0.717, 1.165) is 4.68 Å². The standard InChI is InChI=1S/C8H5F3IN3O3/c9-8(10,11)2-1-15-4(6(16)13-2)3(7(17)18)5(12)14-15/h2H,1H2,(H,13,16)(H,17,18). The first-order chi connectivity index (χ1) is 8.21. The minimum Gasteiger partial charge on any atom is -0.478 e. The van der Waals surface area contributed by atoms with Gasteiger partial charge in [0.05, 0.1) is 6.54 Å². The molecular weight excluding hydrogens is 370 g/mol. The Bertz CT molecular complexity index is 540. The van der Waals surface area contributed by atoms with Gasteiger partial charge in [0.1, 0.15) is 21.0 Å². The third kappa shape index (κ3) is 2.04. The monoisotopic (exact) mass is 375 g/mol. The van der Waals surface area contributed by atoms with Crippen LogP contribution in [-0.4, -0.2) is 39.0 Å². The number of amides is 1. The minimum absolute atomic E-state index is 0.0203. The Balaban J connectivity index is 2.49. The van der Waals surface area contributed by atoms with E-state index < -0.39 is 30.6 Å². The number of hydrogen-bond acceptors (Lipinski definition) is 3. The maximum atomic E-state index is 12.5. The van der Waals surface area contributed by atoms with E-state index in [1.165, 1.54) is 0 Å². The first-order valence-corrected chi connectivity index (χ1v) is 5.67. The second kappa shape index (κ2) is 4.10. The molecule has 1 unspecified atom stereocenters. The quantitative estimate of drug-likeness (QED) is 0.714. The van der Waals surface area contributed by atoms with E-state index in [1.807, 2.05) is 0 Å². The van der Waals surface area contributed by atoms with E-state index in [1.54, 1.807) is 27.9 Å². The lowest BCUT2D eigenvalue weighted by Gasteiger charge is -2.26. The number of hydrogen-bond donors (Lipinski definition) is 2. The van der Waals surface area contributed by atoms with Crippen LogP contribution in [0.2, 0.25) is 0 Å². The Morgan fingerprint density at radius 2 is 2.17 bits per heavy atom. The van der Waals surface area contributed by atoms with Crippen molar-refractivity contribution in [3.05, 3.63) is 15.0 Å². The SMILES string of the molecule is O=C(O)c1c(I)nn2c1C(=O)NC(C(F)(F)F)C2. The molecule has 1 aliphatic rings. The Labute approximate surface area is 111 Å². The van der Waals surface area contributed by atoms with Crippen molar-refractivity contribution >= 4 is 34.5 Å². The third-order valence-corrected chi connectivity index (χ3v) is 3.15. The van der Waals surface area contributed by atoms with E-state index in [2.05, 4.69) is 5.10 Å². The fraction of sp³-hybridized carbons (Fsp3) is 0.375. The molecule has 0 saturated carbocycles. The lowest BCUT2D eigenvalue weighted by atomic mass is 10.1. The predicted octanol–water partition coefficient (Wildman–Crippen LogP) is 0.860. The molecule has 2 heterocycles. The Kier molecular flexibility index (Phi) is 2.99. The molecule has 0 aliphatic carbocycles. The van der Waals surface area contributed by atoms with Crippen molar-refractivity contribution in [3.63, 3.8) is 0 Å². The van der Waals surface area contributed by atoms with Crippen molar-refractivity contribution < 1.29 is 27.9 Å². The largest absolute Gasteiger partial charge is 0.478 e. The topological polar surface area (TPSA) is 84.2 Å². The van der Waals surface area contributed by atoms with Crippen LogP contribution in [0, 0.1) is 3.70 Å². The number of carboxylic acids is 1. The van der Waals surface area contributed by atoms with Crippen molar-refractivity contribution in [2.24, 2.45) is 0 Å². The molecular formula is C8H5F3IN3O3. The van der Waals surface area contributed by atoms with Crippen LogP contribution in [0.4, 0.5) is 13.2 Å². The van der Waals surface area contributed by atoms with Crippen LogP contribution < -0.4 is 5.32 Å². The summed E-state index contributed by atoms with van der Waals surface area (Å²) < 4.78 is 38.3. The van der Waals surface area contributed by atoms with Crippen LogP contribution in [0.1, 0.15) is 20.8 Å². The van der Waals surface area contributed by atoms with Crippen molar-refractivity contribution in [1.29, 1.82) is 0 Å². The Morgan fingerprint density at radius 1 is 1.56 bits per heavy atom. The molecule has 18 heavy (non-hydrogen) atoms. The van der Waals surface area contributed by atoms with Crippen LogP contribution in [0.15, 0.2) is 0 Å². The summed E-state index contributed by atoms with van der Waals surface area (Å²) >= 11 is 1.56. The van der Waals surface area contributed by atoms with Gasteiger partial charge in [0.25, 0.3) is 5.91 Å². The molecule has 0 fully saturated rings. The molecule has 0 saturated heterocycles. The van der Waals surface area contributed by atoms with Gasteiger partial charge >= 0.3 is 12.1 Å². The normalized spacial score (nSPS) is 19.3. The van der Waals surface area contributed by atoms with E-state index in [4.69, 9.17) is 5.11 Å². The first-order valence-electron chi connectivity index (χ1n) is 4.59. The highest BCUT2D eigenvalue weighted by Gasteiger charge is 2.45. The smallest absolute Gasteiger partial charge is 0.410 e. The molecule has 10 heteroatoms. The number of halogens is 4. The summed E-state index contributed by atoms with van der Waals surface area (Å²) in [5, 5.41) is 14.3. The second-order valence-electron chi connectivity index (χ2n) is 3.57. The molecule has 98 valence electrons. The van der Waals surface area contributed by atoms with Gasteiger partial charge < -0.3 is 10.4 Å². The third-order valence-electron chi connectivity index (χ3n) is 2.39. The Morgan fingerprint density at radius 3 is 2.67 bits per heavy atom. The van der Waals surface area contributed by atoms with Gasteiger partial charge in [-0.2, -0.15) is 18.3 Å². The summed E-state index contributed by atoms with van der Waals surface area (Å²) in [4.78, 5) is 22.5. The van der Waals surface area contributed by atoms with Crippen LogP contribution in [0.3, 0.4) is 0 Å². The number of carbonyl (C=O) groups excluding carboxylic acids is 1. The average Bonchev–Trinajstić information content (AvgIpc) is 2.53. The molecule has 1 aliphatic heterocycles. The predicted molar refractivity (Wildman–Crippen MR) is 59.2 cm³/mol. The van der Waals surface area contributed by atoms with Crippen molar-refractivity contribution in [3.8, 4) is 0 Å². The van der Waals surface area contributed by atoms with Crippen molar-refractivity contribution in [1.82, 2.24) is 15.1 Å². The first kappa shape index (κ1) is 13.1. The van der Waals surface area contributed by atoms with E-state index in [-0.39, 0.29) is 15.0 Å². The minimum atomic E-state index is -4.60. The second-order valence-corrected chi connectivity index (χ2v) is 4.59. The molecule has 6 nitrogen and oxygen atoms in total. The maximum absolute atomic E-state index is 12.5. The summed E-state index contributed by atoms with van der Waals surface area (Å²) in [6.45, 7) is -0.631. The van der Waals surface area contributed by atoms with Crippen molar-refractivity contribution in [2.45, 2.75) is 18.8 Å². The molecule has 1 atom stereocenters. The van der Waals surface area contributed by atoms with Gasteiger partial charge in [-0.3, -0.25) is 9.48 Å². The molecule has 0 aromatic carbocycles. The van der Waals surface area contributed by atoms with Gasteiger partial charge in [-0.25, -0.2) is 4.79 Å². The number of nitrogens with one attached hydrogen (secondary N) is 1. The van der Waals surface area contributed by atoms with Gasteiger partial charge in [0.15, 0.2) is 0 Å². The maximum Gasteiger partial charge on any atom is 0.410 e. The number of aromatic carboxylic acids is 1. The lowest BCUT2D eigenvalue weighted by molar-refractivity contribution is -0.158. The fourth-order valence-electron chi connectivity index (χ4n) is 1.62. The number of rotatable bonds is 1. The molecule has 0 bridgehead atoms. The Hall–Kier alpha value is -1.33. The molecule has 2 rings (SSSR count). The van der Waals surface area contributed by atoms with Gasteiger partial charge in [-0.15, -0.1) is 0 Å². The fourth-order valence-corrected chi connectivity index (χ4v) is 2.36. The van der Waals surface area contributed by atoms with Crippen LogP contribution in [-0.2, 0) is 6.54 Å². The van der Waals surface area contributed by atoms with Crippen LogP contribution in [0.25, 0.3) is 0 Å². The van der Waals surface area contributed by atoms with Crippen LogP contribution in [0.5, 0.6) is 0 Å². The number of nitrogens with zero attached hydrogens (tertiary/aromatic N) is 2. The number of carbonyl (C=O) groups is 2. The van der Waals surface area contributed by atoms with Crippen LogP contribution >= 0.6 is 22.6 Å². The molecule has 1 amide bonds. The molecule has 1 aromatic heterocycles. The van der Waals surface area contributed by atoms with E-state index in [9.17, 15) is 22.8 Å². The van der Waals surface area contributed by atoms with E-state index >= 15 is 0 Å². The molecule has 0 spiro atoms. The van der Waals surface area contributed by atoms with Gasteiger partial charge in [-0.05, 0) is 22.6 Å². The summed E-state index contributed by atoms with van der Waals surface area (Å²) in [7, 11) is 0. The molecule has 0 radical (unpaired) electrons. The van der Waals surface area contributed by atoms with Gasteiger partial charge in [-0.1, -0.05) is 0 Å².